The standard InChI is InChI=1S/C19H18BrN7S/c1-9-7-10(2)22-19-14(9)16-17(28-19)18-23-13(25-27(18)8-21-16)5-6-26-12(4)15(20)11(3)24-26/h7-8H,5-6H2,1-4H3. The third-order valence-corrected chi connectivity index (χ3v) is 7.19. The monoisotopic (exact) mass is 455 g/mol. The Kier molecular flexibility index (Phi) is 3.99. The highest BCUT2D eigenvalue weighted by Gasteiger charge is 2.16. The maximum absolute atomic E-state index is 4.80. The minimum atomic E-state index is 0.707. The number of aryl methyl sites for hydroxylation is 5. The number of fused-ring (bicyclic) bond motifs is 5. The molecule has 142 valence electrons. The van der Waals surface area contributed by atoms with E-state index in [-0.39, 0.29) is 0 Å². The number of hydrogen-bond donors (Lipinski definition) is 0. The highest BCUT2D eigenvalue weighted by molar-refractivity contribution is 9.10. The van der Waals surface area contributed by atoms with Crippen LogP contribution >= 0.6 is 27.3 Å². The van der Waals surface area contributed by atoms with Gasteiger partial charge in [0.25, 0.3) is 0 Å². The number of halogens is 1. The quantitative estimate of drug-likeness (QED) is 0.404. The van der Waals surface area contributed by atoms with Gasteiger partial charge in [0.15, 0.2) is 11.5 Å². The summed E-state index contributed by atoms with van der Waals surface area (Å²) in [6.45, 7) is 8.92. The number of pyridine rings is 1. The SMILES string of the molecule is Cc1cc(C)c2c(n1)sc1c2ncn2nc(CCn3nc(C)c(Br)c3C)nc12. The van der Waals surface area contributed by atoms with Gasteiger partial charge in [-0.3, -0.25) is 4.68 Å². The Balaban J connectivity index is 1.57. The maximum Gasteiger partial charge on any atom is 0.176 e. The summed E-state index contributed by atoms with van der Waals surface area (Å²) in [5, 5.41) is 10.3. The van der Waals surface area contributed by atoms with Crippen molar-refractivity contribution in [1.29, 1.82) is 0 Å². The highest BCUT2D eigenvalue weighted by atomic mass is 79.9. The molecule has 9 heteroatoms. The zero-order chi connectivity index (χ0) is 19.6. The third kappa shape index (κ3) is 2.64. The van der Waals surface area contributed by atoms with E-state index in [0.29, 0.717) is 6.42 Å². The first-order valence-electron chi connectivity index (χ1n) is 9.02. The molecule has 0 bridgehead atoms. The smallest absolute Gasteiger partial charge is 0.176 e. The van der Waals surface area contributed by atoms with E-state index >= 15 is 0 Å². The molecule has 0 fully saturated rings. The number of thiophene rings is 1. The van der Waals surface area contributed by atoms with Gasteiger partial charge in [0.2, 0.25) is 0 Å². The van der Waals surface area contributed by atoms with Gasteiger partial charge in [-0.25, -0.2) is 19.5 Å². The van der Waals surface area contributed by atoms with E-state index in [1.807, 2.05) is 18.5 Å². The van der Waals surface area contributed by atoms with E-state index in [1.165, 1.54) is 5.56 Å². The zero-order valence-electron chi connectivity index (χ0n) is 16.0. The van der Waals surface area contributed by atoms with Crippen LogP contribution in [0.1, 0.15) is 28.5 Å². The summed E-state index contributed by atoms with van der Waals surface area (Å²) in [5.41, 5.74) is 6.13. The molecule has 0 aliphatic carbocycles. The second kappa shape index (κ2) is 6.31. The van der Waals surface area contributed by atoms with Crippen molar-refractivity contribution >= 4 is 53.3 Å². The minimum absolute atomic E-state index is 0.707. The van der Waals surface area contributed by atoms with Crippen LogP contribution in [0.3, 0.4) is 0 Å². The van der Waals surface area contributed by atoms with Crippen LogP contribution in [-0.2, 0) is 13.0 Å². The summed E-state index contributed by atoms with van der Waals surface area (Å²) in [6.07, 6.45) is 2.46. The lowest BCUT2D eigenvalue weighted by atomic mass is 10.1. The number of rotatable bonds is 3. The lowest BCUT2D eigenvalue weighted by Crippen LogP contribution is -2.06. The maximum atomic E-state index is 4.80. The summed E-state index contributed by atoms with van der Waals surface area (Å²) in [7, 11) is 0. The molecular formula is C19H18BrN7S. The van der Waals surface area contributed by atoms with Crippen molar-refractivity contribution in [3.05, 3.63) is 45.3 Å². The average molecular weight is 456 g/mol. The van der Waals surface area contributed by atoms with E-state index in [1.54, 1.807) is 22.2 Å². The van der Waals surface area contributed by atoms with Gasteiger partial charge in [0.05, 0.1) is 15.7 Å². The van der Waals surface area contributed by atoms with Gasteiger partial charge in [0, 0.05) is 29.7 Å². The van der Waals surface area contributed by atoms with E-state index < -0.39 is 0 Å². The van der Waals surface area contributed by atoms with Gasteiger partial charge in [-0.05, 0) is 55.3 Å². The third-order valence-electron chi connectivity index (χ3n) is 4.98. The topological polar surface area (TPSA) is 73.8 Å². The number of hydrogen-bond acceptors (Lipinski definition) is 6. The Bertz CT molecular complexity index is 1380. The molecule has 0 radical (unpaired) electrons. The fourth-order valence-electron chi connectivity index (χ4n) is 3.62. The Morgan fingerprint density at radius 3 is 2.68 bits per heavy atom. The second-order valence-electron chi connectivity index (χ2n) is 7.04. The molecule has 0 spiro atoms. The van der Waals surface area contributed by atoms with Crippen molar-refractivity contribution < 1.29 is 0 Å². The second-order valence-corrected chi connectivity index (χ2v) is 8.83. The van der Waals surface area contributed by atoms with Crippen LogP contribution in [0.5, 0.6) is 0 Å². The zero-order valence-corrected chi connectivity index (χ0v) is 18.4. The predicted octanol–water partition coefficient (Wildman–Crippen LogP) is 4.32. The molecule has 0 unspecified atom stereocenters. The molecule has 0 aliphatic rings. The molecule has 7 nitrogen and oxygen atoms in total. The first-order chi connectivity index (χ1) is 13.4. The molecule has 0 atom stereocenters. The van der Waals surface area contributed by atoms with Crippen molar-refractivity contribution in [3.63, 3.8) is 0 Å². The van der Waals surface area contributed by atoms with Gasteiger partial charge in [-0.15, -0.1) is 16.4 Å². The first-order valence-corrected chi connectivity index (χ1v) is 10.6. The predicted molar refractivity (Wildman–Crippen MR) is 114 cm³/mol. The van der Waals surface area contributed by atoms with Gasteiger partial charge in [0.1, 0.15) is 15.9 Å². The molecule has 28 heavy (non-hydrogen) atoms. The molecule has 0 saturated heterocycles. The molecule has 0 saturated carbocycles. The van der Waals surface area contributed by atoms with Gasteiger partial charge in [-0.2, -0.15) is 5.10 Å². The average Bonchev–Trinajstić information content (AvgIpc) is 3.29. The summed E-state index contributed by atoms with van der Waals surface area (Å²) in [6, 6.07) is 2.10. The Morgan fingerprint density at radius 1 is 1.11 bits per heavy atom. The van der Waals surface area contributed by atoms with E-state index in [9.17, 15) is 0 Å². The molecule has 0 amide bonds. The summed E-state index contributed by atoms with van der Waals surface area (Å²) in [5.74, 6) is 0.788. The normalized spacial score (nSPS) is 12.0. The van der Waals surface area contributed by atoms with E-state index in [4.69, 9.17) is 4.98 Å². The molecule has 0 aromatic carbocycles. The molecule has 0 aliphatic heterocycles. The van der Waals surface area contributed by atoms with Gasteiger partial charge >= 0.3 is 0 Å². The van der Waals surface area contributed by atoms with E-state index in [0.717, 1.165) is 60.0 Å². The van der Waals surface area contributed by atoms with Gasteiger partial charge in [-0.1, -0.05) is 0 Å². The lowest BCUT2D eigenvalue weighted by molar-refractivity contribution is 0.581. The number of aromatic nitrogens is 7. The molecule has 5 rings (SSSR count). The molecular weight excluding hydrogens is 438 g/mol. The molecule has 5 heterocycles. The van der Waals surface area contributed by atoms with Gasteiger partial charge < -0.3 is 0 Å². The van der Waals surface area contributed by atoms with Crippen molar-refractivity contribution in [2.45, 2.75) is 40.7 Å². The summed E-state index contributed by atoms with van der Waals surface area (Å²) < 4.78 is 5.86. The fourth-order valence-corrected chi connectivity index (χ4v) is 5.13. The number of nitrogens with zero attached hydrogens (tertiary/aromatic N) is 7. The van der Waals surface area contributed by atoms with Crippen LogP contribution in [0.4, 0.5) is 0 Å². The van der Waals surface area contributed by atoms with Crippen LogP contribution in [0, 0.1) is 27.7 Å². The summed E-state index contributed by atoms with van der Waals surface area (Å²) >= 11 is 5.21. The molecule has 5 aromatic rings. The minimum Gasteiger partial charge on any atom is -0.268 e. The van der Waals surface area contributed by atoms with E-state index in [2.05, 4.69) is 56.0 Å². The van der Waals surface area contributed by atoms with Crippen LogP contribution in [0.15, 0.2) is 16.9 Å². The highest BCUT2D eigenvalue weighted by Crippen LogP contribution is 2.35. The van der Waals surface area contributed by atoms with Crippen molar-refractivity contribution in [2.24, 2.45) is 0 Å². The van der Waals surface area contributed by atoms with Crippen LogP contribution in [0.25, 0.3) is 26.1 Å². The molecule has 5 aromatic heterocycles. The van der Waals surface area contributed by atoms with Crippen molar-refractivity contribution in [3.8, 4) is 0 Å². The molecule has 0 N–H and O–H groups in total. The van der Waals surface area contributed by atoms with Crippen molar-refractivity contribution in [1.82, 2.24) is 34.3 Å². The van der Waals surface area contributed by atoms with Crippen LogP contribution < -0.4 is 0 Å². The van der Waals surface area contributed by atoms with Crippen LogP contribution in [-0.4, -0.2) is 34.3 Å². The van der Waals surface area contributed by atoms with Crippen LogP contribution in [0.2, 0.25) is 0 Å². The Hall–Kier alpha value is -2.39. The Morgan fingerprint density at radius 2 is 1.93 bits per heavy atom. The lowest BCUT2D eigenvalue weighted by Gasteiger charge is -2.01. The van der Waals surface area contributed by atoms with Crippen molar-refractivity contribution in [2.75, 3.05) is 0 Å². The Labute approximate surface area is 173 Å². The summed E-state index contributed by atoms with van der Waals surface area (Å²) in [4.78, 5) is 15.2. The fraction of sp³-hybridized carbons (Fsp3) is 0.316. The largest absolute Gasteiger partial charge is 0.268 e. The first kappa shape index (κ1) is 17.7.